The summed E-state index contributed by atoms with van der Waals surface area (Å²) < 4.78 is 74.6. The molecule has 0 radical (unpaired) electrons. The normalized spacial score (nSPS) is 19.5. The Morgan fingerprint density at radius 3 is 2.28 bits per heavy atom. The zero-order chi connectivity index (χ0) is 33.4. The van der Waals surface area contributed by atoms with Crippen LogP contribution in [0.5, 0.6) is 5.75 Å². The summed E-state index contributed by atoms with van der Waals surface area (Å²) in [5.74, 6) is -0.526. The summed E-state index contributed by atoms with van der Waals surface area (Å²) in [6.07, 6.45) is -2.97. The Kier molecular flexibility index (Phi) is 9.98. The molecule has 2 aliphatic heterocycles. The zero-order valence-electron chi connectivity index (χ0n) is 27.0. The maximum absolute atomic E-state index is 14.4. The Bertz CT molecular complexity index is 1630. The van der Waals surface area contributed by atoms with Crippen molar-refractivity contribution in [3.05, 3.63) is 59.7 Å². The number of anilines is 1. The smallest absolute Gasteiger partial charge is 0.406 e. The number of aryl methyl sites for hydroxylation is 1. The van der Waals surface area contributed by atoms with Gasteiger partial charge in [0.05, 0.1) is 6.54 Å². The average Bonchev–Trinajstić information content (AvgIpc) is 3.35. The third-order valence-electron chi connectivity index (χ3n) is 9.71. The van der Waals surface area contributed by atoms with Crippen molar-refractivity contribution in [2.45, 2.75) is 65.9 Å². The van der Waals surface area contributed by atoms with Crippen molar-refractivity contribution in [2.24, 2.45) is 11.3 Å². The lowest BCUT2D eigenvalue weighted by molar-refractivity contribution is -0.274. The van der Waals surface area contributed by atoms with Crippen LogP contribution in [0.1, 0.15) is 51.2 Å². The zero-order valence-corrected chi connectivity index (χ0v) is 28.6. The summed E-state index contributed by atoms with van der Waals surface area (Å²) in [4.78, 5) is 18.0. The van der Waals surface area contributed by atoms with Crippen LogP contribution in [-0.2, 0) is 21.5 Å². The van der Waals surface area contributed by atoms with Gasteiger partial charge >= 0.3 is 16.6 Å². The number of carbonyl (C=O) groups is 1. The largest absolute Gasteiger partial charge is 0.573 e. The Morgan fingerprint density at radius 1 is 1.02 bits per heavy atom. The van der Waals surface area contributed by atoms with Crippen LogP contribution in [0, 0.1) is 18.3 Å². The molecule has 0 aliphatic carbocycles. The van der Waals surface area contributed by atoms with Gasteiger partial charge in [-0.05, 0) is 73.4 Å². The molecule has 5 rings (SSSR count). The van der Waals surface area contributed by atoms with Crippen molar-refractivity contribution < 1.29 is 31.1 Å². The van der Waals surface area contributed by atoms with E-state index in [1.54, 1.807) is 0 Å². The molecule has 2 saturated heterocycles. The van der Waals surface area contributed by atoms with Gasteiger partial charge in [-0.15, -0.1) is 24.5 Å². The van der Waals surface area contributed by atoms with Gasteiger partial charge in [0.1, 0.15) is 10.8 Å². The number of halogens is 3. The fourth-order valence-corrected chi connectivity index (χ4v) is 9.62. The summed E-state index contributed by atoms with van der Waals surface area (Å²) in [5.41, 5.74) is 1.39. The highest BCUT2D eigenvalue weighted by molar-refractivity contribution is 7.90. The molecule has 3 heterocycles. The molecule has 3 aromatic rings. The number of piperidine rings is 1. The second-order valence-corrected chi connectivity index (χ2v) is 15.9. The van der Waals surface area contributed by atoms with E-state index in [0.29, 0.717) is 36.5 Å². The van der Waals surface area contributed by atoms with E-state index in [4.69, 9.17) is 0 Å². The second kappa shape index (κ2) is 13.3. The number of hydrogen-bond donors (Lipinski definition) is 0. The molecule has 2 fully saturated rings. The second-order valence-electron chi connectivity index (χ2n) is 13.0. The summed E-state index contributed by atoms with van der Waals surface area (Å²) in [5, 5.41) is 1.50. The average molecular weight is 681 g/mol. The molecular weight excluding hydrogens is 638 g/mol. The van der Waals surface area contributed by atoms with Gasteiger partial charge in [0, 0.05) is 49.4 Å². The number of amides is 1. The van der Waals surface area contributed by atoms with Gasteiger partial charge in [-0.3, -0.25) is 9.69 Å². The SMILES string of the molecule is CCC(C)(C)C1CN(C(=O)C2CCN(S(=O)(=O)N(Cc3ccc(OC(F)(F)F)cc3)c3sc4ccccc4c3C)CC2)CCN1C. The van der Waals surface area contributed by atoms with Crippen LogP contribution in [0.3, 0.4) is 0 Å². The first-order valence-electron chi connectivity index (χ1n) is 15.7. The lowest BCUT2D eigenvalue weighted by Crippen LogP contribution is -2.59. The van der Waals surface area contributed by atoms with E-state index in [1.807, 2.05) is 36.1 Å². The van der Waals surface area contributed by atoms with Crippen molar-refractivity contribution in [1.82, 2.24) is 14.1 Å². The fraction of sp³-hybridized carbons (Fsp3) is 0.545. The molecule has 252 valence electrons. The quantitative estimate of drug-likeness (QED) is 0.253. The fourth-order valence-electron chi connectivity index (χ4n) is 6.50. The number of likely N-dealkylation sites (N-methyl/N-ethyl adjacent to an activating group) is 1. The van der Waals surface area contributed by atoms with Gasteiger partial charge < -0.3 is 9.64 Å². The van der Waals surface area contributed by atoms with Gasteiger partial charge in [0.15, 0.2) is 0 Å². The van der Waals surface area contributed by atoms with E-state index in [0.717, 1.165) is 28.6 Å². The van der Waals surface area contributed by atoms with Gasteiger partial charge in [-0.2, -0.15) is 12.7 Å². The van der Waals surface area contributed by atoms with Gasteiger partial charge in [-0.1, -0.05) is 51.1 Å². The molecule has 0 bridgehead atoms. The van der Waals surface area contributed by atoms with Crippen LogP contribution in [-0.4, -0.2) is 80.6 Å². The maximum Gasteiger partial charge on any atom is 0.573 e. The van der Waals surface area contributed by atoms with Crippen LogP contribution in [0.4, 0.5) is 18.2 Å². The van der Waals surface area contributed by atoms with Crippen molar-refractivity contribution in [3.63, 3.8) is 0 Å². The predicted octanol–water partition coefficient (Wildman–Crippen LogP) is 6.65. The standard InChI is InChI=1S/C33H43F3N4O4S2/c1-6-32(3,4)29-22-38(20-19-37(29)5)30(41)25-15-17-39(18-16-25)46(42,43)40(31-23(2)27-9-7-8-10-28(27)45-31)21-24-11-13-26(14-12-24)44-33(34,35)36/h7-14,25,29H,6,15-22H2,1-5H3. The highest BCUT2D eigenvalue weighted by Gasteiger charge is 2.41. The van der Waals surface area contributed by atoms with Crippen molar-refractivity contribution in [3.8, 4) is 5.75 Å². The van der Waals surface area contributed by atoms with Crippen LogP contribution >= 0.6 is 11.3 Å². The van der Waals surface area contributed by atoms with Gasteiger partial charge in [0.2, 0.25) is 5.91 Å². The lowest BCUT2D eigenvalue weighted by Gasteiger charge is -2.47. The molecule has 8 nitrogen and oxygen atoms in total. The molecule has 0 spiro atoms. The summed E-state index contributed by atoms with van der Waals surface area (Å²) in [6, 6.07) is 13.2. The topological polar surface area (TPSA) is 73.4 Å². The minimum absolute atomic E-state index is 0.0605. The number of alkyl halides is 3. The van der Waals surface area contributed by atoms with E-state index in [1.165, 1.54) is 44.2 Å². The maximum atomic E-state index is 14.4. The highest BCUT2D eigenvalue weighted by Crippen LogP contribution is 2.41. The first-order valence-corrected chi connectivity index (χ1v) is 17.9. The number of fused-ring (bicyclic) bond motifs is 1. The van der Waals surface area contributed by atoms with Gasteiger partial charge in [-0.25, -0.2) is 4.31 Å². The van der Waals surface area contributed by atoms with E-state index in [-0.39, 0.29) is 48.7 Å². The summed E-state index contributed by atoms with van der Waals surface area (Å²) in [6.45, 7) is 11.0. The minimum atomic E-state index is -4.82. The first kappa shape index (κ1) is 34.5. The predicted molar refractivity (Wildman–Crippen MR) is 176 cm³/mol. The molecular formula is C33H43F3N4O4S2. The van der Waals surface area contributed by atoms with Crippen molar-refractivity contribution in [2.75, 3.05) is 44.1 Å². The Labute approximate surface area is 273 Å². The Hall–Kier alpha value is -2.87. The van der Waals surface area contributed by atoms with E-state index >= 15 is 0 Å². The molecule has 2 aromatic carbocycles. The number of thiophene rings is 1. The molecule has 46 heavy (non-hydrogen) atoms. The monoisotopic (exact) mass is 680 g/mol. The minimum Gasteiger partial charge on any atom is -0.406 e. The van der Waals surface area contributed by atoms with E-state index in [2.05, 4.69) is 37.5 Å². The lowest BCUT2D eigenvalue weighted by atomic mass is 9.79. The van der Waals surface area contributed by atoms with Crippen LogP contribution < -0.4 is 9.04 Å². The van der Waals surface area contributed by atoms with Crippen LogP contribution in [0.15, 0.2) is 48.5 Å². The van der Waals surface area contributed by atoms with E-state index < -0.39 is 16.6 Å². The van der Waals surface area contributed by atoms with Crippen molar-refractivity contribution in [1.29, 1.82) is 0 Å². The molecule has 0 N–H and O–H groups in total. The number of nitrogens with zero attached hydrogens (tertiary/aromatic N) is 4. The molecule has 2 aliphatic rings. The number of benzene rings is 2. The first-order chi connectivity index (χ1) is 21.6. The molecule has 0 saturated carbocycles. The number of carbonyl (C=O) groups excluding carboxylic acids is 1. The third kappa shape index (κ3) is 7.32. The summed E-state index contributed by atoms with van der Waals surface area (Å²) in [7, 11) is -1.95. The van der Waals surface area contributed by atoms with Crippen molar-refractivity contribution >= 4 is 42.5 Å². The number of ether oxygens (including phenoxy) is 1. The molecule has 1 atom stereocenters. The third-order valence-corrected chi connectivity index (χ3v) is 13.0. The summed E-state index contributed by atoms with van der Waals surface area (Å²) >= 11 is 1.36. The van der Waals surface area contributed by atoms with Crippen LogP contribution in [0.2, 0.25) is 0 Å². The number of piperazine rings is 1. The number of rotatable bonds is 9. The van der Waals surface area contributed by atoms with E-state index in [9.17, 15) is 26.4 Å². The van der Waals surface area contributed by atoms with Gasteiger partial charge in [0.25, 0.3) is 0 Å². The molecule has 1 aromatic heterocycles. The molecule has 1 unspecified atom stereocenters. The molecule has 13 heteroatoms. The molecule has 1 amide bonds. The Morgan fingerprint density at radius 2 is 1.67 bits per heavy atom. The number of hydrogen-bond acceptors (Lipinski definition) is 6. The Balaban J connectivity index is 1.35. The van der Waals surface area contributed by atoms with Crippen LogP contribution in [0.25, 0.3) is 10.1 Å². The highest BCUT2D eigenvalue weighted by atomic mass is 32.2.